The summed E-state index contributed by atoms with van der Waals surface area (Å²) in [6, 6.07) is 16.0. The third kappa shape index (κ3) is 6.92. The van der Waals surface area contributed by atoms with Crippen molar-refractivity contribution in [2.45, 2.75) is 31.8 Å². The first kappa shape index (κ1) is 30.5. The van der Waals surface area contributed by atoms with Crippen LogP contribution in [0.5, 0.6) is 0 Å². The van der Waals surface area contributed by atoms with Gasteiger partial charge in [0.1, 0.15) is 6.04 Å². The molecule has 7 nitrogen and oxygen atoms in total. The molecule has 0 aromatic heterocycles. The van der Waals surface area contributed by atoms with E-state index in [0.29, 0.717) is 55.4 Å². The minimum atomic E-state index is -1.15. The van der Waals surface area contributed by atoms with Crippen molar-refractivity contribution in [3.8, 4) is 0 Å². The fourth-order valence-electron chi connectivity index (χ4n) is 4.38. The zero-order chi connectivity index (χ0) is 26.7. The summed E-state index contributed by atoms with van der Waals surface area (Å²) in [6.07, 6.45) is 0.639. The van der Waals surface area contributed by atoms with Crippen molar-refractivity contribution in [3.63, 3.8) is 0 Å². The largest absolute Gasteiger partial charge is 1.00 e. The molecule has 0 radical (unpaired) electrons. The summed E-state index contributed by atoms with van der Waals surface area (Å²) in [5.74, 6) is -1.82. The number of nitrogen functional groups attached to an aromatic ring is 1. The van der Waals surface area contributed by atoms with Crippen LogP contribution in [0.25, 0.3) is 0 Å². The first-order valence-corrected chi connectivity index (χ1v) is 13.1. The Bertz CT molecular complexity index is 1360. The molecule has 3 aromatic carbocycles. The number of fused-ring (bicyclic) bond motifs is 1. The summed E-state index contributed by atoms with van der Waals surface area (Å²) in [5, 5.41) is 11.9. The molecular weight excluding hydrogens is 604 g/mol. The van der Waals surface area contributed by atoms with Gasteiger partial charge in [0.05, 0.1) is 11.3 Å². The van der Waals surface area contributed by atoms with E-state index in [4.69, 9.17) is 28.9 Å². The van der Waals surface area contributed by atoms with Crippen LogP contribution in [-0.4, -0.2) is 29.2 Å². The van der Waals surface area contributed by atoms with Gasteiger partial charge in [-0.2, -0.15) is 0 Å². The summed E-state index contributed by atoms with van der Waals surface area (Å²) in [5.41, 5.74) is 8.64. The van der Waals surface area contributed by atoms with Gasteiger partial charge in [0.15, 0.2) is 0 Å². The number of carboxylic acids is 1. The minimum Gasteiger partial charge on any atom is -0.550 e. The Balaban J connectivity index is 0.00000400. The molecule has 192 valence electrons. The summed E-state index contributed by atoms with van der Waals surface area (Å²) in [7, 11) is 0. The molecule has 2 amide bonds. The normalized spacial score (nSPS) is 15.1. The molecule has 1 heterocycles. The molecule has 0 spiro atoms. The van der Waals surface area contributed by atoms with E-state index >= 15 is 0 Å². The maximum atomic E-state index is 14.2. The van der Waals surface area contributed by atoms with E-state index in [1.807, 2.05) is 0 Å². The van der Waals surface area contributed by atoms with Gasteiger partial charge >= 0.3 is 29.6 Å². The zero-order valence-electron chi connectivity index (χ0n) is 20.6. The number of rotatable bonds is 8. The number of unbranched alkanes of at least 4 members (excludes halogenated alkanes) is 1. The van der Waals surface area contributed by atoms with Crippen molar-refractivity contribution < 1.29 is 49.0 Å². The average Bonchev–Trinajstić information content (AvgIpc) is 2.93. The molecule has 0 saturated carbocycles. The number of hydrogen-bond acceptors (Lipinski definition) is 5. The second kappa shape index (κ2) is 13.3. The van der Waals surface area contributed by atoms with Gasteiger partial charge in [0.2, 0.25) is 0 Å². The van der Waals surface area contributed by atoms with Crippen LogP contribution in [0.1, 0.15) is 46.8 Å². The number of anilines is 2. The van der Waals surface area contributed by atoms with Crippen molar-refractivity contribution in [2.24, 2.45) is 0 Å². The number of hydrogen-bond donors (Lipinski definition) is 1. The summed E-state index contributed by atoms with van der Waals surface area (Å²) in [4.78, 5) is 42.2. The van der Waals surface area contributed by atoms with E-state index in [0.717, 1.165) is 0 Å². The average molecular weight is 627 g/mol. The van der Waals surface area contributed by atoms with Crippen LogP contribution in [-0.2, 0) is 16.1 Å². The number of carbonyl (C=O) groups is 3. The standard InChI is InChI=1S/C27H24BrCl2N3O4.Na/c28-18-7-11-23-21(13-18)26(36)33(15-17-6-10-20(30)14-22(17)31)25(16-4-8-19(29)9-5-16)27(37)32(23)12-2-1-3-24(34)35;/h4-11,13-14,25H,1-3,12,15,31H2,(H,34,35);/q;+1/p-1. The second-order valence-electron chi connectivity index (χ2n) is 8.71. The monoisotopic (exact) mass is 625 g/mol. The molecule has 1 unspecified atom stereocenters. The van der Waals surface area contributed by atoms with Crippen LogP contribution < -0.4 is 45.3 Å². The third-order valence-electron chi connectivity index (χ3n) is 6.20. The minimum absolute atomic E-state index is 0. The number of halogens is 3. The smallest absolute Gasteiger partial charge is 0.550 e. The van der Waals surface area contributed by atoms with Gasteiger partial charge < -0.3 is 25.4 Å². The number of aliphatic carboxylic acids is 1. The maximum absolute atomic E-state index is 14.2. The molecular formula is C27H23BrCl2N3NaO4. The van der Waals surface area contributed by atoms with Gasteiger partial charge in [-0.25, -0.2) is 0 Å². The fourth-order valence-corrected chi connectivity index (χ4v) is 5.05. The van der Waals surface area contributed by atoms with Gasteiger partial charge in [-0.1, -0.05) is 57.3 Å². The number of carboxylic acid groups (broad SMARTS) is 1. The van der Waals surface area contributed by atoms with E-state index < -0.39 is 12.0 Å². The molecule has 11 heteroatoms. The Morgan fingerprint density at radius 3 is 2.32 bits per heavy atom. The Kier molecular flexibility index (Phi) is 10.7. The van der Waals surface area contributed by atoms with Crippen LogP contribution in [0, 0.1) is 0 Å². The molecule has 2 N–H and O–H groups in total. The predicted molar refractivity (Wildman–Crippen MR) is 145 cm³/mol. The molecule has 1 aliphatic rings. The Morgan fingerprint density at radius 2 is 1.66 bits per heavy atom. The predicted octanol–water partition coefficient (Wildman–Crippen LogP) is 1.99. The molecule has 1 aliphatic heterocycles. The molecule has 1 atom stereocenters. The van der Waals surface area contributed by atoms with Crippen LogP contribution in [0.15, 0.2) is 65.1 Å². The molecule has 0 fully saturated rings. The van der Waals surface area contributed by atoms with Gasteiger partial charge in [-0.05, 0) is 72.9 Å². The number of carbonyl (C=O) groups excluding carboxylic acids is 3. The van der Waals surface area contributed by atoms with Crippen molar-refractivity contribution in [1.82, 2.24) is 4.90 Å². The van der Waals surface area contributed by atoms with Crippen LogP contribution in [0.4, 0.5) is 11.4 Å². The SMILES string of the molecule is Nc1cc(Cl)ccc1CN1C(=O)c2cc(Br)ccc2N(CCCCC(=O)[O-])C(=O)C1c1ccc(Cl)cc1.[Na+]. The third-order valence-corrected chi connectivity index (χ3v) is 7.18. The molecule has 38 heavy (non-hydrogen) atoms. The molecule has 0 saturated heterocycles. The van der Waals surface area contributed by atoms with Gasteiger partial charge in [0.25, 0.3) is 11.8 Å². The van der Waals surface area contributed by atoms with E-state index in [9.17, 15) is 19.5 Å². The molecule has 0 bridgehead atoms. The summed E-state index contributed by atoms with van der Waals surface area (Å²) < 4.78 is 0.680. The number of nitrogens with zero attached hydrogens (tertiary/aromatic N) is 2. The summed E-state index contributed by atoms with van der Waals surface area (Å²) in [6.45, 7) is 0.292. The van der Waals surface area contributed by atoms with Crippen LogP contribution in [0.2, 0.25) is 10.0 Å². The topological polar surface area (TPSA) is 107 Å². The first-order valence-electron chi connectivity index (χ1n) is 11.6. The van der Waals surface area contributed by atoms with Crippen molar-refractivity contribution in [2.75, 3.05) is 17.2 Å². The van der Waals surface area contributed by atoms with Crippen LogP contribution >= 0.6 is 39.1 Å². The Morgan fingerprint density at radius 1 is 0.974 bits per heavy atom. The molecule has 4 rings (SSSR count). The van der Waals surface area contributed by atoms with E-state index in [-0.39, 0.29) is 60.9 Å². The maximum Gasteiger partial charge on any atom is 1.00 e. The Labute approximate surface area is 261 Å². The van der Waals surface area contributed by atoms with Gasteiger partial charge in [-0.15, -0.1) is 0 Å². The van der Waals surface area contributed by atoms with E-state index in [1.165, 1.54) is 4.90 Å². The van der Waals surface area contributed by atoms with E-state index in [1.54, 1.807) is 65.6 Å². The summed E-state index contributed by atoms with van der Waals surface area (Å²) >= 11 is 15.6. The molecule has 0 aliphatic carbocycles. The van der Waals surface area contributed by atoms with Crippen molar-refractivity contribution in [3.05, 3.63) is 91.9 Å². The van der Waals surface area contributed by atoms with Crippen molar-refractivity contribution in [1.29, 1.82) is 0 Å². The number of nitrogens with two attached hydrogens (primary N) is 1. The number of benzene rings is 3. The van der Waals surface area contributed by atoms with Gasteiger partial charge in [-0.3, -0.25) is 9.59 Å². The quantitative estimate of drug-likeness (QED) is 0.234. The second-order valence-corrected chi connectivity index (χ2v) is 10.5. The molecule has 3 aromatic rings. The Hall–Kier alpha value is -2.07. The van der Waals surface area contributed by atoms with E-state index in [2.05, 4.69) is 15.9 Å². The zero-order valence-corrected chi connectivity index (χ0v) is 25.7. The fraction of sp³-hybridized carbons (Fsp3) is 0.222. The first-order chi connectivity index (χ1) is 17.7. The van der Waals surface area contributed by atoms with Crippen LogP contribution in [0.3, 0.4) is 0 Å². The number of amides is 2. The van der Waals surface area contributed by atoms with Gasteiger partial charge in [0, 0.05) is 39.3 Å². The van der Waals surface area contributed by atoms with Crippen molar-refractivity contribution >= 4 is 68.3 Å².